The van der Waals surface area contributed by atoms with Crippen molar-refractivity contribution in [3.63, 3.8) is 0 Å². The van der Waals surface area contributed by atoms with E-state index in [0.717, 1.165) is 23.1 Å². The monoisotopic (exact) mass is 464 g/mol. The van der Waals surface area contributed by atoms with Gasteiger partial charge in [0.25, 0.3) is 10.0 Å². The van der Waals surface area contributed by atoms with Crippen LogP contribution in [0.5, 0.6) is 0 Å². The molecule has 0 aliphatic rings. The summed E-state index contributed by atoms with van der Waals surface area (Å²) < 4.78 is 28.3. The first kappa shape index (κ1) is 24.5. The van der Waals surface area contributed by atoms with Crippen molar-refractivity contribution >= 4 is 21.6 Å². The Kier molecular flexibility index (Phi) is 7.92. The smallest absolute Gasteiger partial charge is 0.264 e. The lowest BCUT2D eigenvalue weighted by molar-refractivity contribution is -0.120. The van der Waals surface area contributed by atoms with Crippen molar-refractivity contribution in [2.24, 2.45) is 5.92 Å². The minimum absolute atomic E-state index is 0.156. The molecule has 6 heteroatoms. The van der Waals surface area contributed by atoms with E-state index in [4.69, 9.17) is 0 Å². The topological polar surface area (TPSA) is 66.5 Å². The van der Waals surface area contributed by atoms with E-state index in [1.807, 2.05) is 56.3 Å². The summed E-state index contributed by atoms with van der Waals surface area (Å²) in [4.78, 5) is 13.3. The van der Waals surface area contributed by atoms with E-state index in [9.17, 15) is 13.2 Å². The number of aryl methyl sites for hydroxylation is 2. The maximum Gasteiger partial charge on any atom is 0.264 e. The Morgan fingerprint density at radius 1 is 0.848 bits per heavy atom. The number of benzene rings is 3. The molecule has 0 aliphatic carbocycles. The second-order valence-electron chi connectivity index (χ2n) is 8.82. The number of sulfonamides is 1. The van der Waals surface area contributed by atoms with E-state index in [0.29, 0.717) is 11.6 Å². The fourth-order valence-electron chi connectivity index (χ4n) is 3.67. The summed E-state index contributed by atoms with van der Waals surface area (Å²) >= 11 is 0. The number of nitrogens with zero attached hydrogens (tertiary/aromatic N) is 1. The molecule has 0 unspecified atom stereocenters. The van der Waals surface area contributed by atoms with Crippen molar-refractivity contribution in [2.75, 3.05) is 10.8 Å². The molecule has 0 aromatic heterocycles. The zero-order chi connectivity index (χ0) is 24.0. The van der Waals surface area contributed by atoms with Crippen molar-refractivity contribution in [1.82, 2.24) is 5.32 Å². The molecule has 3 aromatic rings. The van der Waals surface area contributed by atoms with Crippen molar-refractivity contribution in [3.8, 4) is 0 Å². The zero-order valence-electron chi connectivity index (χ0n) is 19.7. The highest BCUT2D eigenvalue weighted by Crippen LogP contribution is 2.25. The van der Waals surface area contributed by atoms with Crippen molar-refractivity contribution in [3.05, 3.63) is 95.6 Å². The van der Waals surface area contributed by atoms with Crippen LogP contribution in [-0.4, -0.2) is 20.9 Å². The van der Waals surface area contributed by atoms with Crippen LogP contribution in [0.3, 0.4) is 0 Å². The normalized spacial score (nSPS) is 12.4. The maximum absolute atomic E-state index is 13.5. The molecule has 0 radical (unpaired) electrons. The summed E-state index contributed by atoms with van der Waals surface area (Å²) in [7, 11) is -3.93. The lowest BCUT2D eigenvalue weighted by atomic mass is 9.97. The summed E-state index contributed by atoms with van der Waals surface area (Å²) in [5.41, 5.74) is 3.43. The van der Waals surface area contributed by atoms with Gasteiger partial charge in [-0.15, -0.1) is 0 Å². The van der Waals surface area contributed by atoms with Crippen molar-refractivity contribution in [1.29, 1.82) is 0 Å². The number of carbonyl (C=O) groups is 1. The fraction of sp³-hybridized carbons (Fsp3) is 0.296. The second-order valence-corrected chi connectivity index (χ2v) is 10.7. The van der Waals surface area contributed by atoms with E-state index in [2.05, 4.69) is 19.2 Å². The fourth-order valence-corrected chi connectivity index (χ4v) is 5.09. The molecule has 174 valence electrons. The molecule has 5 nitrogen and oxygen atoms in total. The third-order valence-corrected chi connectivity index (χ3v) is 7.25. The minimum Gasteiger partial charge on any atom is -0.348 e. The third-order valence-electron chi connectivity index (χ3n) is 5.46. The number of nitrogens with one attached hydrogen (secondary N) is 1. The van der Waals surface area contributed by atoms with Gasteiger partial charge in [-0.2, -0.15) is 0 Å². The van der Waals surface area contributed by atoms with E-state index in [-0.39, 0.29) is 23.4 Å². The van der Waals surface area contributed by atoms with Gasteiger partial charge in [0.1, 0.15) is 6.54 Å². The molecule has 0 saturated carbocycles. The van der Waals surface area contributed by atoms with Gasteiger partial charge in [0.2, 0.25) is 5.91 Å². The average Bonchev–Trinajstić information content (AvgIpc) is 2.78. The molecule has 0 saturated heterocycles. The standard InChI is InChI=1S/C27H32N2O3S/c1-20(2)18-26(23-8-6-5-7-9-23)28-27(30)19-29(24-14-10-21(3)11-15-24)33(31,32)25-16-12-22(4)13-17-25/h5-17,20,26H,18-19H2,1-4H3,(H,28,30)/t26-/m0/s1. The number of amides is 1. The molecule has 33 heavy (non-hydrogen) atoms. The third kappa shape index (κ3) is 6.45. The molecule has 0 aliphatic heterocycles. The van der Waals surface area contributed by atoms with Crippen molar-refractivity contribution < 1.29 is 13.2 Å². The highest BCUT2D eigenvalue weighted by Gasteiger charge is 2.28. The molecule has 0 spiro atoms. The second kappa shape index (κ2) is 10.7. The van der Waals surface area contributed by atoms with Crippen LogP contribution < -0.4 is 9.62 Å². The Morgan fingerprint density at radius 2 is 1.39 bits per heavy atom. The summed E-state index contributed by atoms with van der Waals surface area (Å²) in [6.45, 7) is 7.73. The average molecular weight is 465 g/mol. The molecule has 3 aromatic carbocycles. The molecular formula is C27H32N2O3S. The van der Waals surface area contributed by atoms with Gasteiger partial charge in [-0.1, -0.05) is 79.6 Å². The Hall–Kier alpha value is -3.12. The Bertz CT molecular complexity index is 1160. The van der Waals surface area contributed by atoms with Crippen LogP contribution in [0.25, 0.3) is 0 Å². The lowest BCUT2D eigenvalue weighted by Gasteiger charge is -2.26. The predicted octanol–water partition coefficient (Wildman–Crippen LogP) is 5.40. The van der Waals surface area contributed by atoms with Gasteiger partial charge in [-0.25, -0.2) is 8.42 Å². The van der Waals surface area contributed by atoms with Crippen LogP contribution in [0.4, 0.5) is 5.69 Å². The Morgan fingerprint density at radius 3 is 1.94 bits per heavy atom. The first-order valence-corrected chi connectivity index (χ1v) is 12.6. The van der Waals surface area contributed by atoms with E-state index >= 15 is 0 Å². The number of hydrogen-bond acceptors (Lipinski definition) is 3. The Balaban J connectivity index is 1.91. The quantitative estimate of drug-likeness (QED) is 0.461. The molecule has 1 amide bonds. The summed E-state index contributed by atoms with van der Waals surface area (Å²) in [6.07, 6.45) is 0.755. The van der Waals surface area contributed by atoms with E-state index < -0.39 is 10.0 Å². The molecule has 1 atom stereocenters. The number of carbonyl (C=O) groups excluding carboxylic acids is 1. The summed E-state index contributed by atoms with van der Waals surface area (Å²) in [6, 6.07) is 23.4. The van der Waals surface area contributed by atoms with Crippen LogP contribution in [-0.2, 0) is 14.8 Å². The molecular weight excluding hydrogens is 432 g/mol. The van der Waals surface area contributed by atoms with Gasteiger partial charge in [-0.3, -0.25) is 9.10 Å². The van der Waals surface area contributed by atoms with Crippen LogP contribution in [0.2, 0.25) is 0 Å². The maximum atomic E-state index is 13.5. The predicted molar refractivity (Wildman–Crippen MR) is 134 cm³/mol. The summed E-state index contributed by atoms with van der Waals surface area (Å²) in [5.74, 6) is 0.0146. The number of rotatable bonds is 9. The SMILES string of the molecule is Cc1ccc(N(CC(=O)N[C@@H](CC(C)C)c2ccccc2)S(=O)(=O)c2ccc(C)cc2)cc1. The van der Waals surface area contributed by atoms with Crippen LogP contribution in [0.15, 0.2) is 83.8 Å². The molecule has 0 fully saturated rings. The molecule has 0 heterocycles. The van der Waals surface area contributed by atoms with Gasteiger partial charge < -0.3 is 5.32 Å². The number of anilines is 1. The Labute approximate surface area is 197 Å². The van der Waals surface area contributed by atoms with Gasteiger partial charge in [0.15, 0.2) is 0 Å². The van der Waals surface area contributed by atoms with Crippen molar-refractivity contribution in [2.45, 2.75) is 45.1 Å². The molecule has 1 N–H and O–H groups in total. The van der Waals surface area contributed by atoms with Gasteiger partial charge in [0, 0.05) is 0 Å². The van der Waals surface area contributed by atoms with Crippen LogP contribution in [0.1, 0.15) is 43.0 Å². The highest BCUT2D eigenvalue weighted by atomic mass is 32.2. The number of hydrogen-bond donors (Lipinski definition) is 1. The minimum atomic E-state index is -3.93. The molecule has 3 rings (SSSR count). The van der Waals surface area contributed by atoms with Gasteiger partial charge in [0.05, 0.1) is 16.6 Å². The van der Waals surface area contributed by atoms with Crippen LogP contribution >= 0.6 is 0 Å². The lowest BCUT2D eigenvalue weighted by Crippen LogP contribution is -2.42. The van der Waals surface area contributed by atoms with E-state index in [1.165, 1.54) is 4.31 Å². The van der Waals surface area contributed by atoms with E-state index in [1.54, 1.807) is 36.4 Å². The summed E-state index contributed by atoms with van der Waals surface area (Å²) in [5, 5.41) is 3.06. The largest absolute Gasteiger partial charge is 0.348 e. The van der Waals surface area contributed by atoms with Crippen LogP contribution in [0, 0.1) is 19.8 Å². The zero-order valence-corrected chi connectivity index (χ0v) is 20.5. The van der Waals surface area contributed by atoms with Gasteiger partial charge >= 0.3 is 0 Å². The first-order valence-electron chi connectivity index (χ1n) is 11.2. The highest BCUT2D eigenvalue weighted by molar-refractivity contribution is 7.92. The molecule has 0 bridgehead atoms. The first-order chi connectivity index (χ1) is 15.7. The van der Waals surface area contributed by atoms with Gasteiger partial charge in [-0.05, 0) is 56.0 Å².